The van der Waals surface area contributed by atoms with Crippen LogP contribution in [0.2, 0.25) is 0 Å². The number of imidazole rings is 1. The first-order valence-corrected chi connectivity index (χ1v) is 6.87. The second kappa shape index (κ2) is 4.76. The fourth-order valence-corrected chi connectivity index (χ4v) is 2.13. The van der Waals surface area contributed by atoms with E-state index in [1.165, 1.54) is 0 Å². The zero-order valence-electron chi connectivity index (χ0n) is 8.92. The molecule has 0 aliphatic heterocycles. The van der Waals surface area contributed by atoms with E-state index in [9.17, 15) is 13.5 Å². The van der Waals surface area contributed by atoms with E-state index in [1.54, 1.807) is 17.0 Å². The lowest BCUT2D eigenvalue weighted by Gasteiger charge is -2.11. The van der Waals surface area contributed by atoms with Crippen LogP contribution in [0.15, 0.2) is 12.4 Å². The van der Waals surface area contributed by atoms with Crippen molar-refractivity contribution in [3.63, 3.8) is 0 Å². The highest BCUT2D eigenvalue weighted by atomic mass is 32.2. The third kappa shape index (κ3) is 3.64. The van der Waals surface area contributed by atoms with Gasteiger partial charge < -0.3 is 9.67 Å². The number of aliphatic hydroxyl groups excluding tert-OH is 1. The van der Waals surface area contributed by atoms with E-state index in [2.05, 4.69) is 4.98 Å². The maximum absolute atomic E-state index is 11.0. The van der Waals surface area contributed by atoms with Crippen molar-refractivity contribution in [1.82, 2.24) is 9.55 Å². The Morgan fingerprint density at radius 1 is 1.60 bits per heavy atom. The molecule has 1 rings (SSSR count). The Labute approximate surface area is 89.7 Å². The number of sulfone groups is 1. The van der Waals surface area contributed by atoms with Gasteiger partial charge in [0.15, 0.2) is 0 Å². The highest BCUT2D eigenvalue weighted by Crippen LogP contribution is 2.13. The van der Waals surface area contributed by atoms with Crippen molar-refractivity contribution in [2.24, 2.45) is 0 Å². The lowest BCUT2D eigenvalue weighted by molar-refractivity contribution is 0.186. The molecular weight excluding hydrogens is 216 g/mol. The summed E-state index contributed by atoms with van der Waals surface area (Å²) in [6.07, 6.45) is 4.28. The molecule has 1 aromatic heterocycles. The molecule has 1 unspecified atom stereocenters. The van der Waals surface area contributed by atoms with Crippen LogP contribution in [-0.4, -0.2) is 35.1 Å². The van der Waals surface area contributed by atoms with Crippen LogP contribution in [0.4, 0.5) is 0 Å². The number of hydrogen-bond donors (Lipinski definition) is 1. The summed E-state index contributed by atoms with van der Waals surface area (Å²) in [5.74, 6) is 0.135. The van der Waals surface area contributed by atoms with Crippen molar-refractivity contribution in [2.45, 2.75) is 26.0 Å². The van der Waals surface area contributed by atoms with E-state index in [0.717, 1.165) is 19.2 Å². The fraction of sp³-hybridized carbons (Fsp3) is 0.667. The van der Waals surface area contributed by atoms with Crippen molar-refractivity contribution in [1.29, 1.82) is 0 Å². The Morgan fingerprint density at radius 3 is 2.80 bits per heavy atom. The standard InChI is InChI=1S/C9H16N2O3S/c1-3-5-11-6-4-10-9(11)8(12)7-15(2,13)14/h4,6,8,12H,3,5,7H2,1-2H3. The van der Waals surface area contributed by atoms with Gasteiger partial charge in [-0.25, -0.2) is 13.4 Å². The molecule has 15 heavy (non-hydrogen) atoms. The lowest BCUT2D eigenvalue weighted by Crippen LogP contribution is -2.17. The smallest absolute Gasteiger partial charge is 0.150 e. The highest BCUT2D eigenvalue weighted by Gasteiger charge is 2.18. The number of aromatic nitrogens is 2. The molecule has 0 aliphatic carbocycles. The van der Waals surface area contributed by atoms with Gasteiger partial charge in [-0.3, -0.25) is 0 Å². The van der Waals surface area contributed by atoms with Gasteiger partial charge in [-0.1, -0.05) is 6.92 Å². The summed E-state index contributed by atoms with van der Waals surface area (Å²) in [5, 5.41) is 9.69. The zero-order valence-corrected chi connectivity index (χ0v) is 9.74. The van der Waals surface area contributed by atoms with Crippen molar-refractivity contribution < 1.29 is 13.5 Å². The van der Waals surface area contributed by atoms with Crippen molar-refractivity contribution >= 4 is 9.84 Å². The van der Waals surface area contributed by atoms with Crippen LogP contribution in [0, 0.1) is 0 Å². The Balaban J connectivity index is 2.81. The molecule has 86 valence electrons. The molecule has 0 saturated carbocycles. The minimum Gasteiger partial charge on any atom is -0.384 e. The van der Waals surface area contributed by atoms with Crippen molar-refractivity contribution in [2.75, 3.05) is 12.0 Å². The molecule has 1 aromatic rings. The Morgan fingerprint density at radius 2 is 2.27 bits per heavy atom. The molecule has 0 fully saturated rings. The second-order valence-electron chi connectivity index (χ2n) is 3.59. The van der Waals surface area contributed by atoms with E-state index in [4.69, 9.17) is 0 Å². The van der Waals surface area contributed by atoms with Gasteiger partial charge in [0.2, 0.25) is 0 Å². The van der Waals surface area contributed by atoms with E-state index in [-0.39, 0.29) is 5.75 Å². The summed E-state index contributed by atoms with van der Waals surface area (Å²) in [6.45, 7) is 2.74. The molecule has 0 radical (unpaired) electrons. The first-order valence-electron chi connectivity index (χ1n) is 4.81. The maximum atomic E-state index is 11.0. The predicted molar refractivity (Wildman–Crippen MR) is 57.2 cm³/mol. The van der Waals surface area contributed by atoms with E-state index in [1.807, 2.05) is 6.92 Å². The largest absolute Gasteiger partial charge is 0.384 e. The first-order chi connectivity index (χ1) is 6.94. The minimum absolute atomic E-state index is 0.284. The van der Waals surface area contributed by atoms with Gasteiger partial charge >= 0.3 is 0 Å². The van der Waals surface area contributed by atoms with Crippen LogP contribution in [0.25, 0.3) is 0 Å². The monoisotopic (exact) mass is 232 g/mol. The second-order valence-corrected chi connectivity index (χ2v) is 5.77. The van der Waals surface area contributed by atoms with Crippen LogP contribution >= 0.6 is 0 Å². The van der Waals surface area contributed by atoms with Gasteiger partial charge in [0.25, 0.3) is 0 Å². The summed E-state index contributed by atoms with van der Waals surface area (Å²) in [7, 11) is -3.18. The van der Waals surface area contributed by atoms with Crippen LogP contribution < -0.4 is 0 Å². The molecule has 0 aromatic carbocycles. The fourth-order valence-electron chi connectivity index (χ4n) is 1.41. The number of aliphatic hydroxyl groups is 1. The Kier molecular flexibility index (Phi) is 3.87. The molecule has 1 N–H and O–H groups in total. The summed E-state index contributed by atoms with van der Waals surface area (Å²) in [6, 6.07) is 0. The van der Waals surface area contributed by atoms with Crippen LogP contribution in [0.3, 0.4) is 0 Å². The molecule has 0 saturated heterocycles. The zero-order chi connectivity index (χ0) is 11.5. The third-order valence-electron chi connectivity index (χ3n) is 1.97. The summed E-state index contributed by atoms with van der Waals surface area (Å²) >= 11 is 0. The van der Waals surface area contributed by atoms with Gasteiger partial charge in [-0.05, 0) is 6.42 Å². The quantitative estimate of drug-likeness (QED) is 0.796. The summed E-state index contributed by atoms with van der Waals surface area (Å²) in [4.78, 5) is 3.97. The average molecular weight is 232 g/mol. The van der Waals surface area contributed by atoms with Gasteiger partial charge in [-0.2, -0.15) is 0 Å². The number of aryl methyl sites for hydroxylation is 1. The van der Waals surface area contributed by atoms with Gasteiger partial charge in [0, 0.05) is 25.2 Å². The van der Waals surface area contributed by atoms with E-state index >= 15 is 0 Å². The first kappa shape index (κ1) is 12.2. The van der Waals surface area contributed by atoms with Crippen molar-refractivity contribution in [3.8, 4) is 0 Å². The Hall–Kier alpha value is -0.880. The lowest BCUT2D eigenvalue weighted by atomic mass is 10.3. The molecule has 0 aliphatic rings. The summed E-state index contributed by atoms with van der Waals surface area (Å²) < 4.78 is 23.8. The molecule has 1 atom stereocenters. The third-order valence-corrected chi connectivity index (χ3v) is 2.89. The topological polar surface area (TPSA) is 72.2 Å². The number of rotatable bonds is 5. The molecular formula is C9H16N2O3S. The van der Waals surface area contributed by atoms with Gasteiger partial charge in [0.1, 0.15) is 21.8 Å². The number of hydrogen-bond acceptors (Lipinski definition) is 4. The SMILES string of the molecule is CCCn1ccnc1C(O)CS(C)(=O)=O. The maximum Gasteiger partial charge on any atom is 0.150 e. The molecule has 0 amide bonds. The molecule has 5 nitrogen and oxygen atoms in total. The minimum atomic E-state index is -3.18. The van der Waals surface area contributed by atoms with Gasteiger partial charge in [0.05, 0.1) is 5.75 Å². The van der Waals surface area contributed by atoms with Gasteiger partial charge in [-0.15, -0.1) is 0 Å². The van der Waals surface area contributed by atoms with E-state index in [0.29, 0.717) is 5.82 Å². The van der Waals surface area contributed by atoms with Crippen LogP contribution in [0.5, 0.6) is 0 Å². The number of nitrogens with zero attached hydrogens (tertiary/aromatic N) is 2. The normalized spacial score (nSPS) is 14.1. The highest BCUT2D eigenvalue weighted by molar-refractivity contribution is 7.90. The molecule has 6 heteroatoms. The average Bonchev–Trinajstić information content (AvgIpc) is 2.49. The summed E-state index contributed by atoms with van der Waals surface area (Å²) in [5.41, 5.74) is 0. The van der Waals surface area contributed by atoms with E-state index < -0.39 is 15.9 Å². The van der Waals surface area contributed by atoms with Crippen molar-refractivity contribution in [3.05, 3.63) is 18.2 Å². The Bertz CT molecular complexity index is 411. The van der Waals surface area contributed by atoms with Crippen LogP contribution in [0.1, 0.15) is 25.3 Å². The van der Waals surface area contributed by atoms with Crippen LogP contribution in [-0.2, 0) is 16.4 Å². The molecule has 0 spiro atoms. The molecule has 1 heterocycles. The molecule has 0 bridgehead atoms. The predicted octanol–water partition coefficient (Wildman–Crippen LogP) is 0.371.